The first kappa shape index (κ1) is 15.2. The molecule has 0 atom stereocenters. The molecule has 0 unspecified atom stereocenters. The second kappa shape index (κ2) is 5.00. The van der Waals surface area contributed by atoms with Crippen molar-refractivity contribution < 1.29 is 36.0 Å². The molecule has 1 aromatic rings. The second-order valence-corrected chi connectivity index (χ2v) is 5.31. The summed E-state index contributed by atoms with van der Waals surface area (Å²) in [6.07, 6.45) is 0. The van der Waals surface area contributed by atoms with Gasteiger partial charge < -0.3 is 14.0 Å². The molecule has 0 heterocycles. The predicted octanol–water partition coefficient (Wildman–Crippen LogP) is 1.50. The highest BCUT2D eigenvalue weighted by Crippen LogP contribution is 2.29. The quantitative estimate of drug-likeness (QED) is 0.669. The van der Waals surface area contributed by atoms with Crippen LogP contribution in [0, 0.1) is 0 Å². The van der Waals surface area contributed by atoms with Crippen LogP contribution in [-0.4, -0.2) is 31.9 Å². The van der Waals surface area contributed by atoms with Crippen molar-refractivity contribution in [3.63, 3.8) is 0 Å². The Labute approximate surface area is 107 Å². The fraction of sp³-hybridized carbons (Fsp3) is 0.300. The zero-order valence-electron chi connectivity index (χ0n) is 9.88. The molecule has 6 nitrogen and oxygen atoms in total. The van der Waals surface area contributed by atoms with Crippen molar-refractivity contribution in [1.82, 2.24) is 0 Å². The Hall–Kier alpha value is -1.90. The molecule has 0 saturated carbocycles. The number of esters is 1. The van der Waals surface area contributed by atoms with E-state index in [-0.39, 0.29) is 12.5 Å². The van der Waals surface area contributed by atoms with Gasteiger partial charge in [-0.15, -0.1) is 0 Å². The lowest BCUT2D eigenvalue weighted by Gasteiger charge is -2.13. The summed E-state index contributed by atoms with van der Waals surface area (Å²) in [7, 11) is -4.09. The lowest BCUT2D eigenvalue weighted by atomic mass is 10.2. The van der Waals surface area contributed by atoms with E-state index in [1.54, 1.807) is 0 Å². The van der Waals surface area contributed by atoms with E-state index in [0.717, 1.165) is 25.3 Å². The maximum Gasteiger partial charge on any atom is 0.377 e. The predicted molar refractivity (Wildman–Crippen MR) is 59.6 cm³/mol. The number of hydrogen-bond acceptors (Lipinski definition) is 6. The van der Waals surface area contributed by atoms with Crippen LogP contribution in [0.25, 0.3) is 0 Å². The van der Waals surface area contributed by atoms with E-state index < -0.39 is 32.8 Å². The van der Waals surface area contributed by atoms with Crippen LogP contribution in [-0.2, 0) is 14.9 Å². The number of alkyl halides is 2. The van der Waals surface area contributed by atoms with Gasteiger partial charge in [-0.3, -0.25) is 0 Å². The highest BCUT2D eigenvalue weighted by Gasteiger charge is 2.42. The number of hydrogen-bond donors (Lipinski definition) is 1. The van der Waals surface area contributed by atoms with Crippen LogP contribution >= 0.6 is 0 Å². The number of carbonyl (C=O) groups is 1. The third-order valence-electron chi connectivity index (χ3n) is 2.02. The highest BCUT2D eigenvalue weighted by atomic mass is 32.2. The van der Waals surface area contributed by atoms with E-state index in [1.807, 2.05) is 0 Å². The molecule has 0 radical (unpaired) electrons. The molecule has 1 aromatic carbocycles. The summed E-state index contributed by atoms with van der Waals surface area (Å²) in [5, 5.41) is 5.34. The van der Waals surface area contributed by atoms with Gasteiger partial charge in [0.1, 0.15) is 17.1 Å². The van der Waals surface area contributed by atoms with Crippen molar-refractivity contribution >= 4 is 16.1 Å². The van der Waals surface area contributed by atoms with Gasteiger partial charge >= 0.3 is 21.3 Å². The minimum Gasteiger partial charge on any atom is -0.507 e. The Morgan fingerprint density at radius 2 is 1.95 bits per heavy atom. The van der Waals surface area contributed by atoms with Gasteiger partial charge in [0.25, 0.3) is 0 Å². The fourth-order valence-electron chi connectivity index (χ4n) is 1.05. The maximum atomic E-state index is 12.7. The Balaban J connectivity index is 3.07. The third-order valence-corrected chi connectivity index (χ3v) is 3.31. The molecule has 0 aliphatic carbocycles. The molecule has 106 valence electrons. The van der Waals surface area contributed by atoms with Crippen LogP contribution in [0.15, 0.2) is 18.2 Å². The van der Waals surface area contributed by atoms with Crippen molar-refractivity contribution in [2.75, 3.05) is 7.11 Å². The van der Waals surface area contributed by atoms with Gasteiger partial charge in [-0.2, -0.15) is 17.2 Å². The van der Waals surface area contributed by atoms with Crippen LogP contribution in [0.1, 0.15) is 17.3 Å². The fourth-order valence-corrected chi connectivity index (χ4v) is 1.55. The normalized spacial score (nSPS) is 12.0. The number of rotatable bonds is 4. The molecule has 19 heavy (non-hydrogen) atoms. The minimum absolute atomic E-state index is 0.158. The van der Waals surface area contributed by atoms with Gasteiger partial charge in [-0.25, -0.2) is 4.79 Å². The lowest BCUT2D eigenvalue weighted by molar-refractivity contribution is 0.0597. The van der Waals surface area contributed by atoms with Crippen molar-refractivity contribution in [1.29, 1.82) is 0 Å². The number of ether oxygens (including phenoxy) is 1. The molecule has 0 aliphatic rings. The van der Waals surface area contributed by atoms with Gasteiger partial charge in [0.2, 0.25) is 0 Å². The molecule has 0 saturated heterocycles. The average Bonchev–Trinajstić information content (AvgIpc) is 2.26. The first-order valence-electron chi connectivity index (χ1n) is 4.81. The smallest absolute Gasteiger partial charge is 0.377 e. The summed E-state index contributed by atoms with van der Waals surface area (Å²) in [5.41, 5.74) is -0.254. The van der Waals surface area contributed by atoms with E-state index in [1.165, 1.54) is 0 Å². The Morgan fingerprint density at radius 3 is 2.37 bits per heavy atom. The zero-order valence-corrected chi connectivity index (χ0v) is 10.7. The zero-order chi connectivity index (χ0) is 14.8. The van der Waals surface area contributed by atoms with Crippen LogP contribution in [0.5, 0.6) is 11.5 Å². The molecule has 0 fully saturated rings. The first-order chi connectivity index (χ1) is 8.58. The average molecular weight is 296 g/mol. The molecule has 0 spiro atoms. The Kier molecular flexibility index (Phi) is 3.99. The molecule has 1 N–H and O–H groups in total. The van der Waals surface area contributed by atoms with Crippen molar-refractivity contribution in [3.05, 3.63) is 23.8 Å². The van der Waals surface area contributed by atoms with E-state index in [0.29, 0.717) is 0 Å². The Morgan fingerprint density at radius 1 is 1.37 bits per heavy atom. The standard InChI is InChI=1S/C10H10F2O6S/c1-10(11,12)19(15,16)18-6-3-4-7(8(13)5-6)9(14)17-2/h3-5,13H,1-2H3. The van der Waals surface area contributed by atoms with E-state index in [4.69, 9.17) is 0 Å². The number of phenols is 1. The monoisotopic (exact) mass is 296 g/mol. The van der Waals surface area contributed by atoms with Crippen molar-refractivity contribution in [3.8, 4) is 11.5 Å². The number of halogens is 2. The van der Waals surface area contributed by atoms with Gasteiger partial charge in [0.05, 0.1) is 7.11 Å². The number of carbonyl (C=O) groups excluding carboxylic acids is 1. The molecule has 0 bridgehead atoms. The maximum absolute atomic E-state index is 12.7. The topological polar surface area (TPSA) is 89.9 Å². The molecule has 0 aliphatic heterocycles. The van der Waals surface area contributed by atoms with Gasteiger partial charge in [0.15, 0.2) is 0 Å². The van der Waals surface area contributed by atoms with Crippen LogP contribution in [0.4, 0.5) is 8.78 Å². The molecular formula is C10H10F2O6S. The first-order valence-corrected chi connectivity index (χ1v) is 6.22. The molecule has 1 rings (SSSR count). The van der Waals surface area contributed by atoms with Crippen LogP contribution < -0.4 is 4.18 Å². The summed E-state index contributed by atoms with van der Waals surface area (Å²) in [6, 6.07) is 2.64. The number of phenolic OH excluding ortho intramolecular Hbond substituents is 1. The van der Waals surface area contributed by atoms with Gasteiger partial charge in [-0.1, -0.05) is 0 Å². The number of benzene rings is 1. The summed E-state index contributed by atoms with van der Waals surface area (Å²) < 4.78 is 56.0. The number of methoxy groups -OCH3 is 1. The van der Waals surface area contributed by atoms with Gasteiger partial charge in [0, 0.05) is 13.0 Å². The SMILES string of the molecule is COC(=O)c1ccc(OS(=O)(=O)C(C)(F)F)cc1O. The summed E-state index contributed by atoms with van der Waals surface area (Å²) in [4.78, 5) is 11.1. The summed E-state index contributed by atoms with van der Waals surface area (Å²) >= 11 is 0. The molecule has 0 aromatic heterocycles. The lowest BCUT2D eigenvalue weighted by Crippen LogP contribution is -2.29. The largest absolute Gasteiger partial charge is 0.507 e. The second-order valence-electron chi connectivity index (χ2n) is 3.52. The highest BCUT2D eigenvalue weighted by molar-refractivity contribution is 7.88. The number of aromatic hydroxyl groups is 1. The van der Waals surface area contributed by atoms with Gasteiger partial charge in [-0.05, 0) is 12.1 Å². The van der Waals surface area contributed by atoms with Crippen LogP contribution in [0.2, 0.25) is 0 Å². The van der Waals surface area contributed by atoms with E-state index in [2.05, 4.69) is 8.92 Å². The summed E-state index contributed by atoms with van der Waals surface area (Å²) in [5.74, 6) is -2.07. The van der Waals surface area contributed by atoms with E-state index >= 15 is 0 Å². The molecule has 9 heteroatoms. The minimum atomic E-state index is -5.17. The van der Waals surface area contributed by atoms with Crippen molar-refractivity contribution in [2.45, 2.75) is 12.2 Å². The summed E-state index contributed by atoms with van der Waals surface area (Å²) in [6.45, 7) is 0.158. The molecular weight excluding hydrogens is 286 g/mol. The van der Waals surface area contributed by atoms with Crippen molar-refractivity contribution in [2.24, 2.45) is 0 Å². The van der Waals surface area contributed by atoms with Crippen LogP contribution in [0.3, 0.4) is 0 Å². The third kappa shape index (κ3) is 3.31. The van der Waals surface area contributed by atoms with E-state index in [9.17, 15) is 27.1 Å². The Bertz CT molecular complexity index is 591. The molecule has 0 amide bonds.